The minimum Gasteiger partial charge on any atom is -0.377 e. The van der Waals surface area contributed by atoms with Crippen LogP contribution in [0.25, 0.3) is 0 Å². The summed E-state index contributed by atoms with van der Waals surface area (Å²) in [7, 11) is 0. The highest BCUT2D eigenvalue weighted by Crippen LogP contribution is 2.41. The van der Waals surface area contributed by atoms with Gasteiger partial charge < -0.3 is 4.74 Å². The Morgan fingerprint density at radius 2 is 2.14 bits per heavy atom. The zero-order chi connectivity index (χ0) is 10.3. The van der Waals surface area contributed by atoms with Crippen molar-refractivity contribution < 1.29 is 4.74 Å². The topological polar surface area (TPSA) is 9.23 Å². The second-order valence-electron chi connectivity index (χ2n) is 5.41. The van der Waals surface area contributed by atoms with E-state index in [0.717, 1.165) is 18.4 Å². The van der Waals surface area contributed by atoms with Crippen LogP contribution in [-0.2, 0) is 4.74 Å². The van der Waals surface area contributed by atoms with Gasteiger partial charge in [-0.1, -0.05) is 32.4 Å². The van der Waals surface area contributed by atoms with Crippen molar-refractivity contribution in [2.45, 2.75) is 40.2 Å². The average Bonchev–Trinajstić information content (AvgIpc) is 2.14. The van der Waals surface area contributed by atoms with E-state index in [1.54, 1.807) is 5.57 Å². The quantitative estimate of drug-likeness (QED) is 0.582. The molecule has 2 unspecified atom stereocenters. The van der Waals surface area contributed by atoms with Crippen LogP contribution in [0.3, 0.4) is 0 Å². The van der Waals surface area contributed by atoms with Crippen molar-refractivity contribution in [1.82, 2.24) is 0 Å². The van der Waals surface area contributed by atoms with E-state index in [2.05, 4.69) is 33.8 Å². The maximum atomic E-state index is 6.01. The normalized spacial score (nSPS) is 42.5. The molecule has 0 N–H and O–H groups in total. The molecule has 2 rings (SSSR count). The summed E-state index contributed by atoms with van der Waals surface area (Å²) in [4.78, 5) is 0. The predicted molar refractivity (Wildman–Crippen MR) is 59.1 cm³/mol. The SMILES string of the molecule is CC1=CC(C)[C@H]2COC(C(C)C)[C@@H]1C2. The molecule has 0 saturated carbocycles. The summed E-state index contributed by atoms with van der Waals surface area (Å²) < 4.78 is 6.01. The highest BCUT2D eigenvalue weighted by Gasteiger charge is 2.38. The molecule has 0 amide bonds. The third-order valence-electron chi connectivity index (χ3n) is 3.97. The van der Waals surface area contributed by atoms with Gasteiger partial charge in [-0.2, -0.15) is 0 Å². The van der Waals surface area contributed by atoms with Crippen molar-refractivity contribution in [3.8, 4) is 0 Å². The Morgan fingerprint density at radius 1 is 1.43 bits per heavy atom. The second kappa shape index (κ2) is 3.69. The number of hydrogen-bond acceptors (Lipinski definition) is 1. The largest absolute Gasteiger partial charge is 0.377 e. The van der Waals surface area contributed by atoms with Crippen LogP contribution in [0.1, 0.15) is 34.1 Å². The molecule has 0 radical (unpaired) electrons. The van der Waals surface area contributed by atoms with E-state index in [-0.39, 0.29) is 0 Å². The summed E-state index contributed by atoms with van der Waals surface area (Å²) >= 11 is 0. The van der Waals surface area contributed by atoms with E-state index in [9.17, 15) is 0 Å². The fourth-order valence-electron chi connectivity index (χ4n) is 3.02. The summed E-state index contributed by atoms with van der Waals surface area (Å²) in [6.45, 7) is 10.1. The Balaban J connectivity index is 2.20. The molecule has 80 valence electrons. The summed E-state index contributed by atoms with van der Waals surface area (Å²) in [5.74, 6) is 2.85. The molecular formula is C13H22O. The summed E-state index contributed by atoms with van der Waals surface area (Å²) in [6, 6.07) is 0. The van der Waals surface area contributed by atoms with Crippen molar-refractivity contribution in [2.75, 3.05) is 6.61 Å². The van der Waals surface area contributed by atoms with E-state index < -0.39 is 0 Å². The maximum Gasteiger partial charge on any atom is 0.0663 e. The molecule has 4 atom stereocenters. The van der Waals surface area contributed by atoms with Gasteiger partial charge in [0.2, 0.25) is 0 Å². The number of fused-ring (bicyclic) bond motifs is 2. The Kier molecular flexibility index (Phi) is 2.70. The van der Waals surface area contributed by atoms with Gasteiger partial charge in [0.25, 0.3) is 0 Å². The first-order valence-electron chi connectivity index (χ1n) is 5.89. The smallest absolute Gasteiger partial charge is 0.0663 e. The van der Waals surface area contributed by atoms with Crippen LogP contribution in [0.5, 0.6) is 0 Å². The second-order valence-corrected chi connectivity index (χ2v) is 5.41. The fourth-order valence-corrected chi connectivity index (χ4v) is 3.02. The lowest BCUT2D eigenvalue weighted by molar-refractivity contribution is -0.0808. The molecule has 0 aromatic carbocycles. The lowest BCUT2D eigenvalue weighted by Gasteiger charge is -2.44. The molecule has 1 nitrogen and oxygen atoms in total. The first kappa shape index (κ1) is 10.2. The molecule has 14 heavy (non-hydrogen) atoms. The first-order valence-corrected chi connectivity index (χ1v) is 5.89. The van der Waals surface area contributed by atoms with E-state index in [1.807, 2.05) is 0 Å². The molecule has 1 aliphatic heterocycles. The highest BCUT2D eigenvalue weighted by atomic mass is 16.5. The number of hydrogen-bond donors (Lipinski definition) is 0. The van der Waals surface area contributed by atoms with Gasteiger partial charge in [-0.15, -0.1) is 0 Å². The minimum atomic E-state index is 0.468. The van der Waals surface area contributed by atoms with Gasteiger partial charge in [-0.05, 0) is 31.1 Å². The Morgan fingerprint density at radius 3 is 2.79 bits per heavy atom. The van der Waals surface area contributed by atoms with Crippen molar-refractivity contribution in [2.24, 2.45) is 23.7 Å². The van der Waals surface area contributed by atoms with E-state index in [0.29, 0.717) is 17.9 Å². The lowest BCUT2D eigenvalue weighted by atomic mass is 9.70. The van der Waals surface area contributed by atoms with Crippen LogP contribution in [-0.4, -0.2) is 12.7 Å². The van der Waals surface area contributed by atoms with Gasteiger partial charge in [-0.3, -0.25) is 0 Å². The molecule has 2 bridgehead atoms. The third kappa shape index (κ3) is 1.63. The Labute approximate surface area is 87.5 Å². The third-order valence-corrected chi connectivity index (χ3v) is 3.97. The van der Waals surface area contributed by atoms with Crippen molar-refractivity contribution in [1.29, 1.82) is 0 Å². The highest BCUT2D eigenvalue weighted by molar-refractivity contribution is 5.14. The predicted octanol–water partition coefficient (Wildman–Crippen LogP) is 3.26. The Hall–Kier alpha value is -0.300. The van der Waals surface area contributed by atoms with Crippen LogP contribution in [0.2, 0.25) is 0 Å². The Bertz CT molecular complexity index is 242. The van der Waals surface area contributed by atoms with Crippen molar-refractivity contribution in [3.63, 3.8) is 0 Å². The van der Waals surface area contributed by atoms with Crippen LogP contribution in [0, 0.1) is 23.7 Å². The molecule has 1 aliphatic carbocycles. The van der Waals surface area contributed by atoms with Gasteiger partial charge in [0, 0.05) is 5.92 Å². The maximum absolute atomic E-state index is 6.01. The van der Waals surface area contributed by atoms with Gasteiger partial charge in [-0.25, -0.2) is 0 Å². The molecule has 1 saturated heterocycles. The summed E-state index contributed by atoms with van der Waals surface area (Å²) in [5.41, 5.74) is 1.56. The lowest BCUT2D eigenvalue weighted by Crippen LogP contribution is -2.42. The zero-order valence-electron chi connectivity index (χ0n) is 9.79. The van der Waals surface area contributed by atoms with E-state index in [4.69, 9.17) is 4.74 Å². The number of rotatable bonds is 1. The van der Waals surface area contributed by atoms with Crippen molar-refractivity contribution >= 4 is 0 Å². The van der Waals surface area contributed by atoms with Crippen molar-refractivity contribution in [3.05, 3.63) is 11.6 Å². The zero-order valence-corrected chi connectivity index (χ0v) is 9.79. The molecular weight excluding hydrogens is 172 g/mol. The van der Waals surface area contributed by atoms with Crippen LogP contribution >= 0.6 is 0 Å². The number of allylic oxidation sites excluding steroid dienone is 1. The summed E-state index contributed by atoms with van der Waals surface area (Å²) in [6.07, 6.45) is 4.29. The molecule has 0 aromatic heterocycles. The molecule has 0 aromatic rings. The van der Waals surface area contributed by atoms with E-state index >= 15 is 0 Å². The van der Waals surface area contributed by atoms with Gasteiger partial charge >= 0.3 is 0 Å². The fraction of sp³-hybridized carbons (Fsp3) is 0.846. The van der Waals surface area contributed by atoms with Crippen LogP contribution < -0.4 is 0 Å². The molecule has 1 heteroatoms. The van der Waals surface area contributed by atoms with E-state index in [1.165, 1.54) is 6.42 Å². The standard InChI is InChI=1S/C13H22O/c1-8(2)13-12-6-11(7-14-13)9(3)5-10(12)4/h5,8-9,11-13H,6-7H2,1-4H3/t9?,11-,12-,13?/m1/s1. The van der Waals surface area contributed by atoms with Crippen LogP contribution in [0.15, 0.2) is 11.6 Å². The molecule has 1 fully saturated rings. The van der Waals surface area contributed by atoms with Gasteiger partial charge in [0.05, 0.1) is 12.7 Å². The van der Waals surface area contributed by atoms with Gasteiger partial charge in [0.15, 0.2) is 0 Å². The minimum absolute atomic E-state index is 0.468. The summed E-state index contributed by atoms with van der Waals surface area (Å²) in [5, 5.41) is 0. The molecule has 0 spiro atoms. The van der Waals surface area contributed by atoms with Crippen LogP contribution in [0.4, 0.5) is 0 Å². The average molecular weight is 194 g/mol. The molecule has 1 heterocycles. The van der Waals surface area contributed by atoms with Gasteiger partial charge in [0.1, 0.15) is 0 Å². The monoisotopic (exact) mass is 194 g/mol. The number of ether oxygens (including phenoxy) is 1. The first-order chi connectivity index (χ1) is 6.59. The molecule has 2 aliphatic rings.